The van der Waals surface area contributed by atoms with Gasteiger partial charge in [-0.05, 0) is 56.4 Å². The molecule has 1 unspecified atom stereocenters. The number of nitrogens with two attached hydrogens (primary N) is 1. The number of aromatic nitrogens is 4. The first-order valence-electron chi connectivity index (χ1n) is 9.98. The average molecular weight is 394 g/mol. The lowest BCUT2D eigenvalue weighted by atomic mass is 9.81. The third-order valence-corrected chi connectivity index (χ3v) is 6.51. The van der Waals surface area contributed by atoms with Gasteiger partial charge >= 0.3 is 0 Å². The summed E-state index contributed by atoms with van der Waals surface area (Å²) in [5, 5.41) is 0.966. The van der Waals surface area contributed by atoms with Crippen LogP contribution in [0.2, 0.25) is 0 Å². The van der Waals surface area contributed by atoms with Gasteiger partial charge in [0, 0.05) is 12.2 Å². The van der Waals surface area contributed by atoms with Crippen molar-refractivity contribution >= 4 is 38.4 Å². The second-order valence-corrected chi connectivity index (χ2v) is 8.65. The number of hydrogen-bond acceptors (Lipinski definition) is 5. The first kappa shape index (κ1) is 18.9. The van der Waals surface area contributed by atoms with E-state index in [2.05, 4.69) is 57.8 Å². The Morgan fingerprint density at radius 3 is 2.86 bits per heavy atom. The zero-order valence-corrected chi connectivity index (χ0v) is 17.3. The maximum Gasteiger partial charge on any atom is 0.145 e. The van der Waals surface area contributed by atoms with E-state index in [-0.39, 0.29) is 0 Å². The number of aryl methyl sites for hydroxylation is 1. The molecule has 0 amide bonds. The van der Waals surface area contributed by atoms with Gasteiger partial charge in [-0.25, -0.2) is 15.0 Å². The Morgan fingerprint density at radius 2 is 2.07 bits per heavy atom. The molecule has 5 nitrogen and oxygen atoms in total. The fraction of sp³-hybridized carbons (Fsp3) is 0.409. The fourth-order valence-electron chi connectivity index (χ4n) is 3.71. The second-order valence-electron chi connectivity index (χ2n) is 7.77. The maximum absolute atomic E-state index is 5.86. The number of hydrogen-bond donors (Lipinski definition) is 1. The lowest BCUT2D eigenvalue weighted by Crippen LogP contribution is -2.13. The number of nitrogens with zero attached hydrogens (tertiary/aromatic N) is 4. The number of fused-ring (bicyclic) bond motifs is 2. The molecule has 0 saturated heterocycles. The highest BCUT2D eigenvalue weighted by atomic mass is 32.1. The number of nitrogen functional groups attached to an aromatic ring is 1. The van der Waals surface area contributed by atoms with E-state index >= 15 is 0 Å². The standard InChI is InChI=1S/C14H20N4.C8H7NS/c1-10(5-6-11-3-2-4-11)18-8-7-12-13(15)16-9-17-14(12)18;1-6-2-3-7-8(4-6)10-5-9-7/h7-11H,2-6H2,1H3,(H2,15,16,17);2-5H,1H3. The zero-order chi connectivity index (χ0) is 19.5. The van der Waals surface area contributed by atoms with Crippen molar-refractivity contribution in [2.75, 3.05) is 5.73 Å². The zero-order valence-electron chi connectivity index (χ0n) is 16.5. The summed E-state index contributed by atoms with van der Waals surface area (Å²) in [6, 6.07) is 8.80. The molecular weight excluding hydrogens is 366 g/mol. The molecule has 1 aliphatic rings. The number of thiazole rings is 1. The van der Waals surface area contributed by atoms with Crippen molar-refractivity contribution in [3.63, 3.8) is 0 Å². The predicted molar refractivity (Wildman–Crippen MR) is 118 cm³/mol. The third-order valence-electron chi connectivity index (χ3n) is 5.72. The highest BCUT2D eigenvalue weighted by molar-refractivity contribution is 7.16. The second kappa shape index (κ2) is 8.27. The van der Waals surface area contributed by atoms with Crippen molar-refractivity contribution in [3.05, 3.63) is 47.9 Å². The number of anilines is 1. The van der Waals surface area contributed by atoms with E-state index in [9.17, 15) is 0 Å². The summed E-state index contributed by atoms with van der Waals surface area (Å²) in [5.41, 5.74) is 11.1. The Balaban J connectivity index is 0.000000162. The van der Waals surface area contributed by atoms with Crippen LogP contribution in [-0.2, 0) is 0 Å². The first-order valence-corrected chi connectivity index (χ1v) is 10.9. The Kier molecular flexibility index (Phi) is 5.57. The molecule has 6 heteroatoms. The highest BCUT2D eigenvalue weighted by Crippen LogP contribution is 2.33. The van der Waals surface area contributed by atoms with E-state index in [0.717, 1.165) is 22.5 Å². The minimum absolute atomic E-state index is 0.484. The highest BCUT2D eigenvalue weighted by Gasteiger charge is 2.19. The number of benzene rings is 1. The van der Waals surface area contributed by atoms with Crippen molar-refractivity contribution in [3.8, 4) is 0 Å². The van der Waals surface area contributed by atoms with Crippen LogP contribution in [0, 0.1) is 12.8 Å². The molecule has 1 atom stereocenters. The van der Waals surface area contributed by atoms with Crippen molar-refractivity contribution in [2.45, 2.75) is 52.0 Å². The van der Waals surface area contributed by atoms with Gasteiger partial charge in [0.15, 0.2) is 0 Å². The van der Waals surface area contributed by atoms with Crippen LogP contribution >= 0.6 is 11.3 Å². The summed E-state index contributed by atoms with van der Waals surface area (Å²) in [5.74, 6) is 1.54. The molecule has 0 aliphatic heterocycles. The first-order chi connectivity index (χ1) is 13.6. The molecule has 0 bridgehead atoms. The lowest BCUT2D eigenvalue weighted by molar-refractivity contribution is 0.274. The summed E-state index contributed by atoms with van der Waals surface area (Å²) < 4.78 is 3.51. The summed E-state index contributed by atoms with van der Waals surface area (Å²) in [4.78, 5) is 12.6. The van der Waals surface area contributed by atoms with Crippen molar-refractivity contribution in [1.82, 2.24) is 19.5 Å². The molecule has 0 radical (unpaired) electrons. The van der Waals surface area contributed by atoms with E-state index in [1.165, 1.54) is 42.4 Å². The summed E-state index contributed by atoms with van der Waals surface area (Å²) in [7, 11) is 0. The average Bonchev–Trinajstić information content (AvgIpc) is 3.27. The minimum Gasteiger partial charge on any atom is -0.383 e. The van der Waals surface area contributed by atoms with Crippen LogP contribution in [0.5, 0.6) is 0 Å². The van der Waals surface area contributed by atoms with Gasteiger partial charge in [-0.1, -0.05) is 25.3 Å². The van der Waals surface area contributed by atoms with Crippen molar-refractivity contribution in [1.29, 1.82) is 0 Å². The minimum atomic E-state index is 0.484. The van der Waals surface area contributed by atoms with Gasteiger partial charge in [0.1, 0.15) is 17.8 Å². The molecule has 28 heavy (non-hydrogen) atoms. The normalized spacial score (nSPS) is 15.2. The Morgan fingerprint density at radius 1 is 1.21 bits per heavy atom. The monoisotopic (exact) mass is 393 g/mol. The molecule has 5 rings (SSSR count). The smallest absolute Gasteiger partial charge is 0.145 e. The molecular formula is C22H27N5S. The molecule has 1 saturated carbocycles. The van der Waals surface area contributed by atoms with Crippen LogP contribution < -0.4 is 5.73 Å². The molecule has 3 aromatic heterocycles. The topological polar surface area (TPSA) is 69.6 Å². The van der Waals surface area contributed by atoms with E-state index in [4.69, 9.17) is 5.73 Å². The van der Waals surface area contributed by atoms with E-state index < -0.39 is 0 Å². The van der Waals surface area contributed by atoms with Gasteiger partial charge in [-0.2, -0.15) is 0 Å². The van der Waals surface area contributed by atoms with Gasteiger partial charge in [0.05, 0.1) is 21.1 Å². The quantitative estimate of drug-likeness (QED) is 0.478. The summed E-state index contributed by atoms with van der Waals surface area (Å²) in [6.07, 6.45) is 10.5. The van der Waals surface area contributed by atoms with Crippen LogP contribution in [0.25, 0.3) is 21.3 Å². The fourth-order valence-corrected chi connectivity index (χ4v) is 4.48. The van der Waals surface area contributed by atoms with Crippen molar-refractivity contribution in [2.24, 2.45) is 5.92 Å². The molecule has 4 aromatic rings. The molecule has 0 spiro atoms. The van der Waals surface area contributed by atoms with Gasteiger partial charge in [0.2, 0.25) is 0 Å². The number of rotatable bonds is 4. The van der Waals surface area contributed by atoms with Crippen molar-refractivity contribution < 1.29 is 0 Å². The molecule has 3 heterocycles. The maximum atomic E-state index is 5.86. The van der Waals surface area contributed by atoms with Crippen LogP contribution in [0.4, 0.5) is 5.82 Å². The summed E-state index contributed by atoms with van der Waals surface area (Å²) >= 11 is 1.69. The van der Waals surface area contributed by atoms with Gasteiger partial charge in [0.25, 0.3) is 0 Å². The van der Waals surface area contributed by atoms with Gasteiger partial charge in [-0.15, -0.1) is 11.3 Å². The van der Waals surface area contributed by atoms with E-state index in [0.29, 0.717) is 11.9 Å². The van der Waals surface area contributed by atoms with Gasteiger partial charge in [-0.3, -0.25) is 0 Å². The lowest BCUT2D eigenvalue weighted by Gasteiger charge is -2.26. The Labute approximate surface area is 169 Å². The Bertz CT molecular complexity index is 1060. The Hall–Kier alpha value is -2.47. The molecule has 1 aromatic carbocycles. The van der Waals surface area contributed by atoms with E-state index in [1.807, 2.05) is 11.6 Å². The van der Waals surface area contributed by atoms with E-state index in [1.54, 1.807) is 17.7 Å². The van der Waals surface area contributed by atoms with Gasteiger partial charge < -0.3 is 10.3 Å². The molecule has 2 N–H and O–H groups in total. The van der Waals surface area contributed by atoms with Crippen LogP contribution in [0.15, 0.2) is 42.3 Å². The largest absolute Gasteiger partial charge is 0.383 e. The van der Waals surface area contributed by atoms with Crippen LogP contribution in [0.1, 0.15) is 50.6 Å². The molecule has 1 fully saturated rings. The van der Waals surface area contributed by atoms with Crippen LogP contribution in [0.3, 0.4) is 0 Å². The summed E-state index contributed by atoms with van der Waals surface area (Å²) in [6.45, 7) is 4.36. The third kappa shape index (κ3) is 4.02. The molecule has 146 valence electrons. The van der Waals surface area contributed by atoms with Crippen LogP contribution in [-0.4, -0.2) is 19.5 Å². The SMILES string of the molecule is CC(CCC1CCC1)n1ccc2c(N)ncnc21.Cc1ccc2ncsc2c1. The molecule has 1 aliphatic carbocycles. The predicted octanol–water partition coefficient (Wildman–Crippen LogP) is 5.76.